The maximum absolute atomic E-state index is 13.5. The fraction of sp³-hybridized carbons (Fsp3) is 0.333. The molecular formula is C24H25ClN2O9S. The Labute approximate surface area is 218 Å². The Balaban J connectivity index is 1.52. The predicted molar refractivity (Wildman–Crippen MR) is 129 cm³/mol. The van der Waals surface area contributed by atoms with Crippen molar-refractivity contribution >= 4 is 33.5 Å². The highest BCUT2D eigenvalue weighted by Crippen LogP contribution is 2.39. The van der Waals surface area contributed by atoms with Crippen molar-refractivity contribution in [2.45, 2.75) is 36.9 Å². The van der Waals surface area contributed by atoms with Crippen LogP contribution in [0.4, 0.5) is 0 Å². The number of hydroxylamine groups is 1. The van der Waals surface area contributed by atoms with E-state index in [1.807, 2.05) is 0 Å². The van der Waals surface area contributed by atoms with Gasteiger partial charge >= 0.3 is 5.97 Å². The van der Waals surface area contributed by atoms with Crippen LogP contribution in [0.5, 0.6) is 11.5 Å². The fourth-order valence-corrected chi connectivity index (χ4v) is 5.84. The van der Waals surface area contributed by atoms with E-state index < -0.39 is 53.0 Å². The molecular weight excluding hydrogens is 528 g/mol. The van der Waals surface area contributed by atoms with Crippen LogP contribution >= 0.6 is 11.6 Å². The number of ether oxygens (including phenoxy) is 3. The summed E-state index contributed by atoms with van der Waals surface area (Å²) in [6.45, 7) is -0.409. The first-order chi connectivity index (χ1) is 17.7. The minimum Gasteiger partial charge on any atom is -0.481 e. The third kappa shape index (κ3) is 6.09. The zero-order chi connectivity index (χ0) is 26.6. The zero-order valence-electron chi connectivity index (χ0n) is 19.4. The molecule has 0 spiro atoms. The van der Waals surface area contributed by atoms with E-state index >= 15 is 0 Å². The van der Waals surface area contributed by atoms with Gasteiger partial charge in [-0.2, -0.15) is 0 Å². The van der Waals surface area contributed by atoms with Crippen LogP contribution in [0.2, 0.25) is 5.02 Å². The Hall–Kier alpha value is -3.48. The van der Waals surface area contributed by atoms with Crippen molar-refractivity contribution in [3.63, 3.8) is 0 Å². The van der Waals surface area contributed by atoms with Gasteiger partial charge in [0.25, 0.3) is 10.0 Å². The number of halogens is 1. The van der Waals surface area contributed by atoms with Gasteiger partial charge in [0.2, 0.25) is 18.1 Å². The number of hydrogen-bond acceptors (Lipinski definition) is 8. The number of carboxylic acid groups (broad SMARTS) is 1. The number of carboxylic acids is 1. The summed E-state index contributed by atoms with van der Waals surface area (Å²) in [5.41, 5.74) is 1.64. The number of rotatable bonds is 10. The molecule has 0 aromatic heterocycles. The van der Waals surface area contributed by atoms with Crippen LogP contribution in [0.15, 0.2) is 65.6 Å². The SMILES string of the molecule is O=C(O)CCN(C1=COC(C2CCCC2C(=O)NO)O1)S(=O)(=O)c1ccc(Oc2ccc(Cl)cc2)cc1. The lowest BCUT2D eigenvalue weighted by Gasteiger charge is -2.27. The highest BCUT2D eigenvalue weighted by Gasteiger charge is 2.44. The number of amides is 1. The number of nitrogens with zero attached hydrogens (tertiary/aromatic N) is 1. The molecule has 1 saturated carbocycles. The van der Waals surface area contributed by atoms with E-state index in [4.69, 9.17) is 31.0 Å². The van der Waals surface area contributed by atoms with E-state index in [0.29, 0.717) is 35.8 Å². The molecule has 11 nitrogen and oxygen atoms in total. The lowest BCUT2D eigenvalue weighted by molar-refractivity contribution is -0.143. The van der Waals surface area contributed by atoms with Gasteiger partial charge < -0.3 is 19.3 Å². The Morgan fingerprint density at radius 1 is 1.08 bits per heavy atom. The molecule has 198 valence electrons. The van der Waals surface area contributed by atoms with Crippen molar-refractivity contribution in [2.75, 3.05) is 6.54 Å². The summed E-state index contributed by atoms with van der Waals surface area (Å²) in [6.07, 6.45) is 1.45. The van der Waals surface area contributed by atoms with Gasteiger partial charge in [0.15, 0.2) is 0 Å². The van der Waals surface area contributed by atoms with E-state index in [1.165, 1.54) is 24.3 Å². The summed E-state index contributed by atoms with van der Waals surface area (Å²) < 4.78 is 44.8. The largest absolute Gasteiger partial charge is 0.481 e. The average molecular weight is 553 g/mol. The van der Waals surface area contributed by atoms with Gasteiger partial charge in [0.05, 0.1) is 17.2 Å². The standard InChI is InChI=1S/C24H25ClN2O9S/c25-15-4-6-16(7-5-15)35-17-8-10-18(11-9-17)37(32,33)27(13-12-22(28)29)21-14-34-24(36-21)20-3-1-2-19(20)23(30)26-31/h4-11,14,19-20,24,31H,1-3,12-13H2,(H,26,30)(H,28,29). The summed E-state index contributed by atoms with van der Waals surface area (Å²) in [5.74, 6) is -2.06. The first-order valence-corrected chi connectivity index (χ1v) is 13.2. The smallest absolute Gasteiger partial charge is 0.305 e. The molecule has 0 bridgehead atoms. The molecule has 1 aliphatic carbocycles. The van der Waals surface area contributed by atoms with Gasteiger partial charge in [-0.3, -0.25) is 14.8 Å². The maximum Gasteiger partial charge on any atom is 0.305 e. The van der Waals surface area contributed by atoms with Gasteiger partial charge in [0.1, 0.15) is 17.8 Å². The van der Waals surface area contributed by atoms with Crippen LogP contribution in [0.3, 0.4) is 0 Å². The second kappa shape index (κ2) is 11.3. The number of benzene rings is 2. The van der Waals surface area contributed by atoms with Gasteiger partial charge in [-0.25, -0.2) is 18.2 Å². The van der Waals surface area contributed by atoms with Crippen molar-refractivity contribution in [2.24, 2.45) is 11.8 Å². The first-order valence-electron chi connectivity index (χ1n) is 11.4. The van der Waals surface area contributed by atoms with Crippen LogP contribution in [0.1, 0.15) is 25.7 Å². The Morgan fingerprint density at radius 2 is 1.73 bits per heavy atom. The molecule has 3 unspecified atom stereocenters. The number of nitrogens with one attached hydrogen (secondary N) is 1. The molecule has 3 atom stereocenters. The van der Waals surface area contributed by atoms with Gasteiger partial charge in [-0.05, 0) is 61.4 Å². The molecule has 1 amide bonds. The normalized spacial score (nSPS) is 20.9. The molecule has 3 N–H and O–H groups in total. The topological polar surface area (TPSA) is 152 Å². The Morgan fingerprint density at radius 3 is 2.35 bits per heavy atom. The quantitative estimate of drug-likeness (QED) is 0.296. The molecule has 2 aliphatic rings. The van der Waals surface area contributed by atoms with Gasteiger partial charge in [-0.15, -0.1) is 0 Å². The van der Waals surface area contributed by atoms with Crippen molar-refractivity contribution in [3.05, 3.63) is 65.7 Å². The van der Waals surface area contributed by atoms with Gasteiger partial charge in [-0.1, -0.05) is 18.0 Å². The minimum absolute atomic E-state index is 0.118. The van der Waals surface area contributed by atoms with Crippen molar-refractivity contribution in [3.8, 4) is 11.5 Å². The average Bonchev–Trinajstić information content (AvgIpc) is 3.55. The lowest BCUT2D eigenvalue weighted by atomic mass is 9.95. The van der Waals surface area contributed by atoms with Crippen LogP contribution in [0, 0.1) is 11.8 Å². The van der Waals surface area contributed by atoms with E-state index in [0.717, 1.165) is 10.6 Å². The Bertz CT molecular complexity index is 1270. The molecule has 0 saturated heterocycles. The summed E-state index contributed by atoms with van der Waals surface area (Å²) in [5, 5.41) is 18.7. The van der Waals surface area contributed by atoms with Gasteiger partial charge in [0, 0.05) is 17.5 Å². The first kappa shape index (κ1) is 26.6. The summed E-state index contributed by atoms with van der Waals surface area (Å²) in [4.78, 5) is 23.1. The molecule has 37 heavy (non-hydrogen) atoms. The van der Waals surface area contributed by atoms with E-state index in [1.54, 1.807) is 29.7 Å². The van der Waals surface area contributed by atoms with E-state index in [-0.39, 0.29) is 10.8 Å². The predicted octanol–water partition coefficient (Wildman–Crippen LogP) is 3.69. The molecule has 4 rings (SSSR count). The minimum atomic E-state index is -4.25. The number of aliphatic carboxylic acids is 1. The monoisotopic (exact) mass is 552 g/mol. The molecule has 2 aromatic rings. The zero-order valence-corrected chi connectivity index (χ0v) is 21.0. The number of hydrogen-bond donors (Lipinski definition) is 3. The van der Waals surface area contributed by atoms with Crippen LogP contribution in [-0.2, 0) is 29.1 Å². The molecule has 2 aromatic carbocycles. The maximum atomic E-state index is 13.5. The third-order valence-corrected chi connectivity index (χ3v) is 8.20. The summed E-state index contributed by atoms with van der Waals surface area (Å²) >= 11 is 5.87. The fourth-order valence-electron chi connectivity index (χ4n) is 4.32. The van der Waals surface area contributed by atoms with Crippen molar-refractivity contribution in [1.82, 2.24) is 9.79 Å². The van der Waals surface area contributed by atoms with Crippen LogP contribution < -0.4 is 10.2 Å². The number of carbonyl (C=O) groups is 2. The van der Waals surface area contributed by atoms with E-state index in [2.05, 4.69) is 0 Å². The van der Waals surface area contributed by atoms with Crippen molar-refractivity contribution in [1.29, 1.82) is 0 Å². The highest BCUT2D eigenvalue weighted by atomic mass is 35.5. The lowest BCUT2D eigenvalue weighted by Crippen LogP contribution is -2.37. The second-order valence-corrected chi connectivity index (χ2v) is 10.8. The van der Waals surface area contributed by atoms with E-state index in [9.17, 15) is 23.1 Å². The van der Waals surface area contributed by atoms with Crippen LogP contribution in [0.25, 0.3) is 0 Å². The second-order valence-electron chi connectivity index (χ2n) is 8.50. The highest BCUT2D eigenvalue weighted by molar-refractivity contribution is 7.89. The third-order valence-electron chi connectivity index (χ3n) is 6.14. The molecule has 0 radical (unpaired) electrons. The molecule has 1 aliphatic heterocycles. The van der Waals surface area contributed by atoms with Crippen LogP contribution in [-0.4, -0.2) is 47.7 Å². The van der Waals surface area contributed by atoms with Crippen molar-refractivity contribution < 1.29 is 42.5 Å². The molecule has 13 heteroatoms. The summed E-state index contributed by atoms with van der Waals surface area (Å²) in [7, 11) is -4.25. The Kier molecular flexibility index (Phi) is 8.10. The number of sulfonamides is 1. The number of carbonyl (C=O) groups excluding carboxylic acids is 1. The molecule has 1 heterocycles. The summed E-state index contributed by atoms with van der Waals surface area (Å²) in [6, 6.07) is 12.3. The molecule has 1 fully saturated rings.